The highest BCUT2D eigenvalue weighted by atomic mass is 16.1. The number of hydrogen-bond acceptors (Lipinski definition) is 2. The van der Waals surface area contributed by atoms with Gasteiger partial charge < -0.3 is 0 Å². The van der Waals surface area contributed by atoms with E-state index in [9.17, 15) is 4.79 Å². The summed E-state index contributed by atoms with van der Waals surface area (Å²) >= 11 is 0. The number of carbonyl (C=O) groups excluding carboxylic acids is 1. The Balaban J connectivity index is 2.58. The zero-order chi connectivity index (χ0) is 13.8. The molecule has 0 aromatic rings. The second-order valence-corrected chi connectivity index (χ2v) is 6.59. The van der Waals surface area contributed by atoms with Gasteiger partial charge >= 0.3 is 0 Å². The maximum Gasteiger partial charge on any atom is 0.142 e. The molecule has 0 saturated heterocycles. The molecule has 1 saturated carbocycles. The van der Waals surface area contributed by atoms with E-state index < -0.39 is 0 Å². The number of unbranched alkanes of at least 4 members (excludes halogenated alkanes) is 1. The molecule has 2 heteroatoms. The number of nitrogens with zero attached hydrogens (tertiary/aromatic N) is 1. The second kappa shape index (κ2) is 6.70. The molecular formula is C16H31NO. The van der Waals surface area contributed by atoms with E-state index in [0.717, 1.165) is 25.9 Å². The van der Waals surface area contributed by atoms with Gasteiger partial charge in [-0.3, -0.25) is 9.69 Å². The first-order valence-electron chi connectivity index (χ1n) is 7.70. The summed E-state index contributed by atoms with van der Waals surface area (Å²) in [5.41, 5.74) is -0.0729. The lowest BCUT2D eigenvalue weighted by atomic mass is 9.89. The summed E-state index contributed by atoms with van der Waals surface area (Å²) in [4.78, 5) is 14.9. The highest BCUT2D eigenvalue weighted by Crippen LogP contribution is 2.38. The van der Waals surface area contributed by atoms with Crippen molar-refractivity contribution in [1.82, 2.24) is 4.90 Å². The van der Waals surface area contributed by atoms with Crippen LogP contribution < -0.4 is 0 Å². The minimum Gasteiger partial charge on any atom is -0.300 e. The Labute approximate surface area is 113 Å². The van der Waals surface area contributed by atoms with Crippen molar-refractivity contribution >= 4 is 5.78 Å². The lowest BCUT2D eigenvalue weighted by Crippen LogP contribution is -2.39. The third-order valence-corrected chi connectivity index (χ3v) is 4.62. The first-order valence-corrected chi connectivity index (χ1v) is 7.70. The molecule has 0 N–H and O–H groups in total. The van der Waals surface area contributed by atoms with Gasteiger partial charge in [0.15, 0.2) is 0 Å². The van der Waals surface area contributed by atoms with E-state index in [1.807, 2.05) is 0 Å². The SMILES string of the molecule is CCCCN(CC1CCC(C)(C)C1=O)C(C)CC. The third-order valence-electron chi connectivity index (χ3n) is 4.62. The molecule has 106 valence electrons. The number of rotatable bonds is 7. The Morgan fingerprint density at radius 1 is 1.39 bits per heavy atom. The van der Waals surface area contributed by atoms with Crippen LogP contribution in [0.15, 0.2) is 0 Å². The van der Waals surface area contributed by atoms with Gasteiger partial charge in [0.05, 0.1) is 0 Å². The molecule has 0 aromatic carbocycles. The summed E-state index contributed by atoms with van der Waals surface area (Å²) in [5.74, 6) is 0.776. The number of Topliss-reactive ketones (excluding diaryl/α,β-unsaturated/α-hetero) is 1. The van der Waals surface area contributed by atoms with E-state index >= 15 is 0 Å². The molecule has 2 atom stereocenters. The molecule has 1 fully saturated rings. The molecule has 2 unspecified atom stereocenters. The molecule has 1 aliphatic carbocycles. The van der Waals surface area contributed by atoms with Crippen LogP contribution in [0.3, 0.4) is 0 Å². The standard InChI is InChI=1S/C16H31NO/c1-6-8-11-17(13(3)7-2)12-14-9-10-16(4,5)15(14)18/h13-14H,6-12H2,1-5H3. The lowest BCUT2D eigenvalue weighted by molar-refractivity contribution is -0.128. The van der Waals surface area contributed by atoms with Gasteiger partial charge in [-0.05, 0) is 39.2 Å². The van der Waals surface area contributed by atoms with E-state index in [1.54, 1.807) is 0 Å². The van der Waals surface area contributed by atoms with Gasteiger partial charge in [0.25, 0.3) is 0 Å². The third kappa shape index (κ3) is 3.81. The summed E-state index contributed by atoms with van der Waals surface area (Å²) in [6.07, 6.45) is 5.81. The van der Waals surface area contributed by atoms with Crippen LogP contribution >= 0.6 is 0 Å². The smallest absolute Gasteiger partial charge is 0.142 e. The minimum absolute atomic E-state index is 0.0729. The molecule has 0 bridgehead atoms. The highest BCUT2D eigenvalue weighted by Gasteiger charge is 2.40. The molecule has 0 aliphatic heterocycles. The topological polar surface area (TPSA) is 20.3 Å². The number of hydrogen-bond donors (Lipinski definition) is 0. The van der Waals surface area contributed by atoms with Crippen LogP contribution in [0.25, 0.3) is 0 Å². The van der Waals surface area contributed by atoms with Gasteiger partial charge in [-0.25, -0.2) is 0 Å². The summed E-state index contributed by atoms with van der Waals surface area (Å²) in [7, 11) is 0. The molecule has 2 nitrogen and oxygen atoms in total. The van der Waals surface area contributed by atoms with Crippen molar-refractivity contribution in [3.63, 3.8) is 0 Å². The largest absolute Gasteiger partial charge is 0.300 e. The van der Waals surface area contributed by atoms with E-state index in [0.29, 0.717) is 11.8 Å². The quantitative estimate of drug-likeness (QED) is 0.686. The van der Waals surface area contributed by atoms with Gasteiger partial charge in [0.1, 0.15) is 5.78 Å². The summed E-state index contributed by atoms with van der Waals surface area (Å²) in [6, 6.07) is 0.605. The van der Waals surface area contributed by atoms with Crippen molar-refractivity contribution < 1.29 is 4.79 Å². The predicted molar refractivity (Wildman–Crippen MR) is 77.7 cm³/mol. The van der Waals surface area contributed by atoms with E-state index in [4.69, 9.17) is 0 Å². The molecule has 0 spiro atoms. The Morgan fingerprint density at radius 2 is 2.06 bits per heavy atom. The molecule has 0 amide bonds. The first kappa shape index (κ1) is 15.7. The minimum atomic E-state index is -0.0729. The molecule has 18 heavy (non-hydrogen) atoms. The van der Waals surface area contributed by atoms with E-state index in [2.05, 4.69) is 39.5 Å². The molecule has 0 radical (unpaired) electrons. The van der Waals surface area contributed by atoms with Crippen molar-refractivity contribution in [2.75, 3.05) is 13.1 Å². The van der Waals surface area contributed by atoms with Crippen LogP contribution in [0.1, 0.15) is 66.7 Å². The van der Waals surface area contributed by atoms with Crippen molar-refractivity contribution in [2.24, 2.45) is 11.3 Å². The Bertz CT molecular complexity index is 272. The summed E-state index contributed by atoms with van der Waals surface area (Å²) in [6.45, 7) is 13.1. The Kier molecular flexibility index (Phi) is 5.84. The lowest BCUT2D eigenvalue weighted by Gasteiger charge is -2.30. The van der Waals surface area contributed by atoms with Crippen LogP contribution in [-0.4, -0.2) is 29.8 Å². The number of ketones is 1. The van der Waals surface area contributed by atoms with Crippen molar-refractivity contribution in [2.45, 2.75) is 72.8 Å². The van der Waals surface area contributed by atoms with Gasteiger partial charge in [-0.2, -0.15) is 0 Å². The maximum absolute atomic E-state index is 12.3. The van der Waals surface area contributed by atoms with Crippen LogP contribution in [0.2, 0.25) is 0 Å². The van der Waals surface area contributed by atoms with Crippen molar-refractivity contribution in [1.29, 1.82) is 0 Å². The van der Waals surface area contributed by atoms with Gasteiger partial charge in [-0.15, -0.1) is 0 Å². The summed E-state index contributed by atoms with van der Waals surface area (Å²) < 4.78 is 0. The molecule has 0 aromatic heterocycles. The monoisotopic (exact) mass is 253 g/mol. The van der Waals surface area contributed by atoms with Gasteiger partial charge in [0, 0.05) is 23.9 Å². The van der Waals surface area contributed by atoms with Gasteiger partial charge in [0.2, 0.25) is 0 Å². The van der Waals surface area contributed by atoms with Crippen LogP contribution in [0.4, 0.5) is 0 Å². The fourth-order valence-corrected chi connectivity index (χ4v) is 2.91. The molecule has 1 aliphatic rings. The fourth-order valence-electron chi connectivity index (χ4n) is 2.91. The maximum atomic E-state index is 12.3. The zero-order valence-corrected chi connectivity index (χ0v) is 13.0. The molecule has 1 rings (SSSR count). The molecule has 0 heterocycles. The Hall–Kier alpha value is -0.370. The fraction of sp³-hybridized carbons (Fsp3) is 0.938. The predicted octanol–water partition coefficient (Wildman–Crippen LogP) is 3.89. The van der Waals surface area contributed by atoms with E-state index in [-0.39, 0.29) is 11.3 Å². The zero-order valence-electron chi connectivity index (χ0n) is 13.0. The van der Waals surface area contributed by atoms with Crippen molar-refractivity contribution in [3.8, 4) is 0 Å². The van der Waals surface area contributed by atoms with Crippen molar-refractivity contribution in [3.05, 3.63) is 0 Å². The number of carbonyl (C=O) groups is 1. The van der Waals surface area contributed by atoms with Crippen LogP contribution in [0, 0.1) is 11.3 Å². The normalized spacial score (nSPS) is 24.8. The Morgan fingerprint density at radius 3 is 2.50 bits per heavy atom. The van der Waals surface area contributed by atoms with Crippen LogP contribution in [-0.2, 0) is 4.79 Å². The average Bonchev–Trinajstić information content (AvgIpc) is 2.60. The van der Waals surface area contributed by atoms with Gasteiger partial charge in [-0.1, -0.05) is 34.1 Å². The van der Waals surface area contributed by atoms with Crippen LogP contribution in [0.5, 0.6) is 0 Å². The average molecular weight is 253 g/mol. The first-order chi connectivity index (χ1) is 8.42. The molecular weight excluding hydrogens is 222 g/mol. The summed E-state index contributed by atoms with van der Waals surface area (Å²) in [5, 5.41) is 0. The second-order valence-electron chi connectivity index (χ2n) is 6.59. The van der Waals surface area contributed by atoms with E-state index in [1.165, 1.54) is 19.3 Å². The highest BCUT2D eigenvalue weighted by molar-refractivity contribution is 5.88.